The molecule has 1 fully saturated rings. The number of amides is 1. The molecular weight excluding hydrogens is 300 g/mol. The monoisotopic (exact) mass is 326 g/mol. The van der Waals surface area contributed by atoms with Crippen molar-refractivity contribution >= 4 is 16.8 Å². The van der Waals surface area contributed by atoms with Gasteiger partial charge in [-0.05, 0) is 49.3 Å². The predicted octanol–water partition coefficient (Wildman–Crippen LogP) is 3.83. The van der Waals surface area contributed by atoms with Crippen LogP contribution in [0.15, 0.2) is 23.0 Å². The summed E-state index contributed by atoms with van der Waals surface area (Å²) >= 11 is 0. The minimum absolute atomic E-state index is 0.0569. The second kappa shape index (κ2) is 6.80. The standard InChI is InChI=1S/C20H26N2O2/c1-13-9-10-16-11-17(20(24)21-19(16)14(13)2)12-22(15(3)23)18-7-5-4-6-8-18/h9-11,18H,4-8,12H2,1-3H3,(H,21,24). The molecule has 0 radical (unpaired) electrons. The Kier molecular flexibility index (Phi) is 4.74. The molecule has 24 heavy (non-hydrogen) atoms. The third-order valence-electron chi connectivity index (χ3n) is 5.39. The molecule has 1 saturated carbocycles. The van der Waals surface area contributed by atoms with E-state index in [9.17, 15) is 9.59 Å². The third kappa shape index (κ3) is 3.23. The number of nitrogens with one attached hydrogen (secondary N) is 1. The molecule has 1 aromatic carbocycles. The summed E-state index contributed by atoms with van der Waals surface area (Å²) in [6, 6.07) is 6.32. The molecule has 1 N–H and O–H groups in total. The Hall–Kier alpha value is -2.10. The zero-order chi connectivity index (χ0) is 17.3. The number of aryl methyl sites for hydroxylation is 2. The molecule has 3 rings (SSSR count). The first-order valence-electron chi connectivity index (χ1n) is 8.86. The smallest absolute Gasteiger partial charge is 0.253 e. The number of nitrogens with zero attached hydrogens (tertiary/aromatic N) is 1. The molecule has 1 aliphatic carbocycles. The van der Waals surface area contributed by atoms with Crippen molar-refractivity contribution in [1.82, 2.24) is 9.88 Å². The number of benzene rings is 1. The first-order chi connectivity index (χ1) is 11.5. The van der Waals surface area contributed by atoms with Gasteiger partial charge in [0, 0.05) is 18.5 Å². The van der Waals surface area contributed by atoms with Crippen molar-refractivity contribution < 1.29 is 4.79 Å². The Bertz CT molecular complexity index is 816. The van der Waals surface area contributed by atoms with Gasteiger partial charge >= 0.3 is 0 Å². The Morgan fingerprint density at radius 3 is 2.58 bits per heavy atom. The lowest BCUT2D eigenvalue weighted by Gasteiger charge is -2.33. The van der Waals surface area contributed by atoms with Crippen LogP contribution in [0.1, 0.15) is 55.7 Å². The van der Waals surface area contributed by atoms with Crippen LogP contribution in [0.5, 0.6) is 0 Å². The van der Waals surface area contributed by atoms with Crippen molar-refractivity contribution in [3.05, 3.63) is 45.2 Å². The summed E-state index contributed by atoms with van der Waals surface area (Å²) in [6.07, 6.45) is 5.67. The maximum atomic E-state index is 12.5. The van der Waals surface area contributed by atoms with Gasteiger partial charge in [-0.3, -0.25) is 9.59 Å². The largest absolute Gasteiger partial charge is 0.335 e. The van der Waals surface area contributed by atoms with Crippen LogP contribution in [0.2, 0.25) is 0 Å². The highest BCUT2D eigenvalue weighted by Gasteiger charge is 2.24. The van der Waals surface area contributed by atoms with E-state index in [-0.39, 0.29) is 17.5 Å². The van der Waals surface area contributed by atoms with Crippen LogP contribution in [0, 0.1) is 13.8 Å². The van der Waals surface area contributed by atoms with Crippen LogP contribution >= 0.6 is 0 Å². The fourth-order valence-corrected chi connectivity index (χ4v) is 3.76. The summed E-state index contributed by atoms with van der Waals surface area (Å²) in [6.45, 7) is 6.08. The minimum Gasteiger partial charge on any atom is -0.335 e. The van der Waals surface area contributed by atoms with Gasteiger partial charge < -0.3 is 9.88 Å². The lowest BCUT2D eigenvalue weighted by Crippen LogP contribution is -2.40. The maximum Gasteiger partial charge on any atom is 0.253 e. The van der Waals surface area contributed by atoms with Crippen molar-refractivity contribution in [3.63, 3.8) is 0 Å². The molecule has 1 amide bonds. The normalized spacial score (nSPS) is 15.6. The van der Waals surface area contributed by atoms with Gasteiger partial charge in [-0.25, -0.2) is 0 Å². The molecule has 1 heterocycles. The van der Waals surface area contributed by atoms with Gasteiger partial charge in [-0.1, -0.05) is 31.4 Å². The minimum atomic E-state index is -0.0849. The fraction of sp³-hybridized carbons (Fsp3) is 0.500. The molecule has 0 spiro atoms. The first-order valence-corrected chi connectivity index (χ1v) is 8.86. The first kappa shape index (κ1) is 16.7. The average Bonchev–Trinajstić information content (AvgIpc) is 2.57. The van der Waals surface area contributed by atoms with E-state index >= 15 is 0 Å². The van der Waals surface area contributed by atoms with Crippen molar-refractivity contribution in [2.75, 3.05) is 0 Å². The number of hydrogen-bond acceptors (Lipinski definition) is 2. The molecule has 4 heteroatoms. The second-order valence-electron chi connectivity index (χ2n) is 7.03. The molecule has 0 atom stereocenters. The summed E-state index contributed by atoms with van der Waals surface area (Å²) in [5, 5.41) is 1.03. The zero-order valence-corrected chi connectivity index (χ0v) is 14.8. The highest BCUT2D eigenvalue weighted by Crippen LogP contribution is 2.25. The van der Waals surface area contributed by atoms with E-state index < -0.39 is 0 Å². The number of hydrogen-bond donors (Lipinski definition) is 1. The number of carbonyl (C=O) groups is 1. The van der Waals surface area contributed by atoms with Crippen molar-refractivity contribution in [3.8, 4) is 0 Å². The van der Waals surface area contributed by atoms with Gasteiger partial charge in [-0.15, -0.1) is 0 Å². The predicted molar refractivity (Wildman–Crippen MR) is 97.1 cm³/mol. The maximum absolute atomic E-state index is 12.5. The van der Waals surface area contributed by atoms with Crippen molar-refractivity contribution in [1.29, 1.82) is 0 Å². The van der Waals surface area contributed by atoms with E-state index in [1.54, 1.807) is 6.92 Å². The summed E-state index contributed by atoms with van der Waals surface area (Å²) < 4.78 is 0. The number of aromatic amines is 1. The van der Waals surface area contributed by atoms with Crippen LogP contribution < -0.4 is 5.56 Å². The number of aromatic nitrogens is 1. The molecule has 0 bridgehead atoms. The Labute approximate surface area is 142 Å². The van der Waals surface area contributed by atoms with E-state index in [4.69, 9.17) is 0 Å². The third-order valence-corrected chi connectivity index (χ3v) is 5.39. The van der Waals surface area contributed by atoms with Gasteiger partial charge in [0.2, 0.25) is 5.91 Å². The molecule has 1 aliphatic rings. The molecule has 0 unspecified atom stereocenters. The lowest BCUT2D eigenvalue weighted by molar-refractivity contribution is -0.132. The second-order valence-corrected chi connectivity index (χ2v) is 7.03. The summed E-state index contributed by atoms with van der Waals surface area (Å²) in [5.41, 5.74) is 3.76. The molecular formula is C20H26N2O2. The lowest BCUT2D eigenvalue weighted by atomic mass is 9.93. The summed E-state index contributed by atoms with van der Waals surface area (Å²) in [5.74, 6) is 0.0569. The number of H-pyrrole nitrogens is 1. The van der Waals surface area contributed by atoms with Crippen LogP contribution in [0.3, 0.4) is 0 Å². The van der Waals surface area contributed by atoms with Crippen LogP contribution in [0.25, 0.3) is 10.9 Å². The highest BCUT2D eigenvalue weighted by atomic mass is 16.2. The summed E-state index contributed by atoms with van der Waals surface area (Å²) in [4.78, 5) is 29.6. The quantitative estimate of drug-likeness (QED) is 0.932. The van der Waals surface area contributed by atoms with E-state index in [1.165, 1.54) is 24.8 Å². The van der Waals surface area contributed by atoms with E-state index in [2.05, 4.69) is 11.1 Å². The molecule has 4 nitrogen and oxygen atoms in total. The molecule has 128 valence electrons. The summed E-state index contributed by atoms with van der Waals surface area (Å²) in [7, 11) is 0. The Morgan fingerprint density at radius 1 is 1.21 bits per heavy atom. The zero-order valence-electron chi connectivity index (χ0n) is 14.8. The van der Waals surface area contributed by atoms with Gasteiger partial charge in [0.05, 0.1) is 12.1 Å². The SMILES string of the molecule is CC(=O)N(Cc1cc2ccc(C)c(C)c2[nH]c1=O)C1CCCCC1. The van der Waals surface area contributed by atoms with Crippen LogP contribution in [0.4, 0.5) is 0 Å². The van der Waals surface area contributed by atoms with Crippen molar-refractivity contribution in [2.24, 2.45) is 0 Å². The van der Waals surface area contributed by atoms with Crippen LogP contribution in [-0.2, 0) is 11.3 Å². The fourth-order valence-electron chi connectivity index (χ4n) is 3.76. The number of fused-ring (bicyclic) bond motifs is 1. The Balaban J connectivity index is 1.96. The van der Waals surface area contributed by atoms with Crippen molar-refractivity contribution in [2.45, 2.75) is 65.5 Å². The van der Waals surface area contributed by atoms with Gasteiger partial charge in [0.15, 0.2) is 0 Å². The number of pyridine rings is 1. The number of rotatable bonds is 3. The van der Waals surface area contributed by atoms with E-state index in [0.29, 0.717) is 12.1 Å². The van der Waals surface area contributed by atoms with Gasteiger partial charge in [0.1, 0.15) is 0 Å². The van der Waals surface area contributed by atoms with E-state index in [1.807, 2.05) is 30.9 Å². The van der Waals surface area contributed by atoms with Gasteiger partial charge in [-0.2, -0.15) is 0 Å². The molecule has 2 aromatic rings. The molecule has 1 aromatic heterocycles. The average molecular weight is 326 g/mol. The van der Waals surface area contributed by atoms with E-state index in [0.717, 1.165) is 29.3 Å². The molecule has 0 aliphatic heterocycles. The highest BCUT2D eigenvalue weighted by molar-refractivity contribution is 5.83. The topological polar surface area (TPSA) is 53.2 Å². The van der Waals surface area contributed by atoms with Crippen LogP contribution in [-0.4, -0.2) is 21.8 Å². The number of carbonyl (C=O) groups excluding carboxylic acids is 1. The Morgan fingerprint density at radius 2 is 1.92 bits per heavy atom. The van der Waals surface area contributed by atoms with Gasteiger partial charge in [0.25, 0.3) is 5.56 Å². The molecule has 0 saturated heterocycles.